The number of oxime groups is 1. The number of hydrogen-bond donors (Lipinski definition) is 3. The molecule has 0 aliphatic rings. The van der Waals surface area contributed by atoms with Crippen LogP contribution in [0.25, 0.3) is 10.9 Å². The van der Waals surface area contributed by atoms with Gasteiger partial charge >= 0.3 is 0 Å². The van der Waals surface area contributed by atoms with E-state index in [2.05, 4.69) is 10.1 Å². The van der Waals surface area contributed by atoms with Crippen LogP contribution in [0.15, 0.2) is 35.6 Å². The number of nitrogens with one attached hydrogen (secondary N) is 1. The van der Waals surface area contributed by atoms with Crippen LogP contribution in [0, 0.1) is 0 Å². The minimum atomic E-state index is -0.279. The smallest absolute Gasteiger partial charge is 0.114 e. The molecular formula is C10H10N2O2. The Morgan fingerprint density at radius 3 is 2.86 bits per heavy atom. The summed E-state index contributed by atoms with van der Waals surface area (Å²) in [5.41, 5.74) is 1.95. The fourth-order valence-electron chi connectivity index (χ4n) is 1.48. The maximum atomic E-state index is 8.95. The van der Waals surface area contributed by atoms with Gasteiger partial charge in [0.2, 0.25) is 0 Å². The first-order valence-electron chi connectivity index (χ1n) is 4.25. The SMILES string of the molecule is OCC(=NO)c1c[nH]c2ccccc12. The van der Waals surface area contributed by atoms with Gasteiger partial charge in [-0.2, -0.15) is 0 Å². The van der Waals surface area contributed by atoms with Gasteiger partial charge in [-0.3, -0.25) is 0 Å². The van der Waals surface area contributed by atoms with E-state index in [-0.39, 0.29) is 12.3 Å². The summed E-state index contributed by atoms with van der Waals surface area (Å²) in [7, 11) is 0. The zero-order valence-electron chi connectivity index (χ0n) is 7.44. The number of aliphatic hydroxyl groups is 1. The third-order valence-electron chi connectivity index (χ3n) is 2.17. The minimum Gasteiger partial charge on any atom is -0.411 e. The Bertz CT molecular complexity index is 474. The molecule has 14 heavy (non-hydrogen) atoms. The van der Waals surface area contributed by atoms with Crippen LogP contribution in [0.5, 0.6) is 0 Å². The second-order valence-electron chi connectivity index (χ2n) is 2.95. The Morgan fingerprint density at radius 2 is 2.14 bits per heavy atom. The van der Waals surface area contributed by atoms with Gasteiger partial charge in [-0.1, -0.05) is 23.4 Å². The lowest BCUT2D eigenvalue weighted by atomic mass is 10.1. The molecule has 4 nitrogen and oxygen atoms in total. The van der Waals surface area contributed by atoms with Gasteiger partial charge in [0.1, 0.15) is 5.71 Å². The van der Waals surface area contributed by atoms with Crippen LogP contribution in [0.2, 0.25) is 0 Å². The van der Waals surface area contributed by atoms with E-state index in [9.17, 15) is 0 Å². The van der Waals surface area contributed by atoms with Crippen molar-refractivity contribution in [1.82, 2.24) is 4.98 Å². The molecule has 0 saturated heterocycles. The molecule has 0 fully saturated rings. The summed E-state index contributed by atoms with van der Waals surface area (Å²) >= 11 is 0. The maximum absolute atomic E-state index is 8.95. The number of aromatic nitrogens is 1. The van der Waals surface area contributed by atoms with Gasteiger partial charge in [-0.15, -0.1) is 0 Å². The van der Waals surface area contributed by atoms with Crippen LogP contribution < -0.4 is 0 Å². The van der Waals surface area contributed by atoms with Crippen molar-refractivity contribution in [3.63, 3.8) is 0 Å². The minimum absolute atomic E-state index is 0.266. The molecule has 0 bridgehead atoms. The van der Waals surface area contributed by atoms with E-state index in [1.807, 2.05) is 24.3 Å². The van der Waals surface area contributed by atoms with Crippen molar-refractivity contribution in [2.75, 3.05) is 6.61 Å². The zero-order chi connectivity index (χ0) is 9.97. The number of H-pyrrole nitrogens is 1. The van der Waals surface area contributed by atoms with E-state index in [1.54, 1.807) is 6.20 Å². The molecule has 1 heterocycles. The van der Waals surface area contributed by atoms with Crippen LogP contribution in [0.4, 0.5) is 0 Å². The van der Waals surface area contributed by atoms with E-state index in [0.29, 0.717) is 0 Å². The van der Waals surface area contributed by atoms with E-state index < -0.39 is 0 Å². The molecule has 3 N–H and O–H groups in total. The number of rotatable bonds is 2. The van der Waals surface area contributed by atoms with Gasteiger partial charge in [-0.25, -0.2) is 0 Å². The third kappa shape index (κ3) is 1.25. The van der Waals surface area contributed by atoms with E-state index in [4.69, 9.17) is 10.3 Å². The van der Waals surface area contributed by atoms with E-state index in [0.717, 1.165) is 16.5 Å². The van der Waals surface area contributed by atoms with Gasteiger partial charge in [0, 0.05) is 22.7 Å². The quantitative estimate of drug-likeness (QED) is 0.380. The fourth-order valence-corrected chi connectivity index (χ4v) is 1.48. The Hall–Kier alpha value is -1.81. The highest BCUT2D eigenvalue weighted by Crippen LogP contribution is 2.18. The molecule has 0 atom stereocenters. The number of hydrogen-bond acceptors (Lipinski definition) is 3. The molecule has 72 valence electrons. The van der Waals surface area contributed by atoms with Crippen molar-refractivity contribution < 1.29 is 10.3 Å². The summed E-state index contributed by atoms with van der Waals surface area (Å²) in [5.74, 6) is 0. The topological polar surface area (TPSA) is 68.6 Å². The average molecular weight is 190 g/mol. The summed E-state index contributed by atoms with van der Waals surface area (Å²) in [6.07, 6.45) is 1.72. The Balaban J connectivity index is 2.63. The Kier molecular flexibility index (Phi) is 2.20. The zero-order valence-corrected chi connectivity index (χ0v) is 7.44. The lowest BCUT2D eigenvalue weighted by Crippen LogP contribution is -2.05. The predicted octanol–water partition coefficient (Wildman–Crippen LogP) is 1.34. The number of fused-ring (bicyclic) bond motifs is 1. The normalized spacial score (nSPS) is 12.2. The van der Waals surface area contributed by atoms with Crippen molar-refractivity contribution in [2.24, 2.45) is 5.16 Å². The molecule has 2 aromatic rings. The monoisotopic (exact) mass is 190 g/mol. The first kappa shape index (κ1) is 8.77. The molecule has 0 aliphatic heterocycles. The lowest BCUT2D eigenvalue weighted by Gasteiger charge is -1.97. The first-order valence-corrected chi connectivity index (χ1v) is 4.25. The predicted molar refractivity (Wildman–Crippen MR) is 53.7 cm³/mol. The number of aromatic amines is 1. The number of nitrogens with zero attached hydrogens (tertiary/aromatic N) is 1. The molecule has 2 rings (SSSR count). The summed E-state index contributed by atoms with van der Waals surface area (Å²) < 4.78 is 0. The van der Waals surface area contributed by atoms with Gasteiger partial charge in [0.05, 0.1) is 6.61 Å². The molecule has 0 aliphatic carbocycles. The number of aliphatic hydroxyl groups excluding tert-OH is 1. The van der Waals surface area contributed by atoms with Crippen LogP contribution in [0.3, 0.4) is 0 Å². The largest absolute Gasteiger partial charge is 0.411 e. The van der Waals surface area contributed by atoms with Gasteiger partial charge < -0.3 is 15.3 Å². The molecule has 0 spiro atoms. The van der Waals surface area contributed by atoms with Crippen molar-refractivity contribution in [1.29, 1.82) is 0 Å². The Morgan fingerprint density at radius 1 is 1.36 bits per heavy atom. The Labute approximate surface area is 80.5 Å². The summed E-state index contributed by atoms with van der Waals surface area (Å²) in [6.45, 7) is -0.279. The molecule has 1 aromatic carbocycles. The van der Waals surface area contributed by atoms with Gasteiger partial charge in [-0.05, 0) is 6.07 Å². The maximum Gasteiger partial charge on any atom is 0.114 e. The van der Waals surface area contributed by atoms with Crippen molar-refractivity contribution in [3.05, 3.63) is 36.0 Å². The third-order valence-corrected chi connectivity index (χ3v) is 2.17. The average Bonchev–Trinajstić information content (AvgIpc) is 2.65. The van der Waals surface area contributed by atoms with Crippen LogP contribution in [0.1, 0.15) is 5.56 Å². The fraction of sp³-hybridized carbons (Fsp3) is 0.100. The second kappa shape index (κ2) is 3.51. The number of para-hydroxylation sites is 1. The molecular weight excluding hydrogens is 180 g/mol. The van der Waals surface area contributed by atoms with Crippen LogP contribution in [-0.4, -0.2) is 27.6 Å². The second-order valence-corrected chi connectivity index (χ2v) is 2.95. The van der Waals surface area contributed by atoms with Crippen LogP contribution in [-0.2, 0) is 0 Å². The summed E-state index contributed by atoms with van der Waals surface area (Å²) in [5, 5.41) is 21.6. The summed E-state index contributed by atoms with van der Waals surface area (Å²) in [4.78, 5) is 3.03. The lowest BCUT2D eigenvalue weighted by molar-refractivity contribution is 0.304. The van der Waals surface area contributed by atoms with Crippen molar-refractivity contribution in [2.45, 2.75) is 0 Å². The highest BCUT2D eigenvalue weighted by Gasteiger charge is 2.08. The van der Waals surface area contributed by atoms with Crippen LogP contribution >= 0.6 is 0 Å². The molecule has 0 amide bonds. The molecule has 0 unspecified atom stereocenters. The van der Waals surface area contributed by atoms with Crippen molar-refractivity contribution >= 4 is 16.6 Å². The van der Waals surface area contributed by atoms with E-state index >= 15 is 0 Å². The molecule has 1 aromatic heterocycles. The summed E-state index contributed by atoms with van der Waals surface area (Å²) in [6, 6.07) is 7.64. The first-order chi connectivity index (χ1) is 6.86. The molecule has 0 radical (unpaired) electrons. The highest BCUT2D eigenvalue weighted by atomic mass is 16.4. The molecule has 4 heteroatoms. The van der Waals surface area contributed by atoms with Crippen molar-refractivity contribution in [3.8, 4) is 0 Å². The van der Waals surface area contributed by atoms with Gasteiger partial charge in [0.15, 0.2) is 0 Å². The van der Waals surface area contributed by atoms with Gasteiger partial charge in [0.25, 0.3) is 0 Å². The highest BCUT2D eigenvalue weighted by molar-refractivity contribution is 6.10. The number of benzene rings is 1. The van der Waals surface area contributed by atoms with E-state index in [1.165, 1.54) is 0 Å². The molecule has 0 saturated carbocycles. The standard InChI is InChI=1S/C10H10N2O2/c13-6-10(12-14)8-5-11-9-4-2-1-3-7(8)9/h1-5,11,13-14H,6H2.